The Morgan fingerprint density at radius 3 is 2.77 bits per heavy atom. The molecule has 0 atom stereocenters. The Kier molecular flexibility index (Phi) is 3.27. The molecular weight excluding hydrogens is 296 g/mol. The van der Waals surface area contributed by atoms with E-state index >= 15 is 0 Å². The number of ether oxygens (including phenoxy) is 1. The Morgan fingerprint density at radius 1 is 1.09 bits per heavy atom. The third kappa shape index (κ3) is 2.06. The van der Waals surface area contributed by atoms with Crippen LogP contribution >= 0.6 is 11.6 Å². The highest BCUT2D eigenvalue weighted by atomic mass is 35.5. The number of carbonyl (C=O) groups excluding carboxylic acids is 1. The van der Waals surface area contributed by atoms with Crippen LogP contribution in [0.2, 0.25) is 0 Å². The molecule has 110 valence electrons. The van der Waals surface area contributed by atoms with E-state index < -0.39 is 0 Å². The van der Waals surface area contributed by atoms with Crippen molar-refractivity contribution >= 4 is 29.0 Å². The number of carbonyl (C=O) groups is 1. The van der Waals surface area contributed by atoms with E-state index in [-0.39, 0.29) is 0 Å². The highest BCUT2D eigenvalue weighted by molar-refractivity contribution is 6.52. The van der Waals surface area contributed by atoms with Gasteiger partial charge in [0.1, 0.15) is 11.5 Å². The summed E-state index contributed by atoms with van der Waals surface area (Å²) in [5, 5.41) is 0.565. The first-order valence-corrected chi connectivity index (χ1v) is 7.94. The van der Waals surface area contributed by atoms with Gasteiger partial charge in [-0.3, -0.25) is 4.79 Å². The van der Waals surface area contributed by atoms with E-state index in [0.717, 1.165) is 54.4 Å². The summed E-state index contributed by atoms with van der Waals surface area (Å²) in [6, 6.07) is 9.83. The number of para-hydroxylation sites is 1. The fraction of sp³-hybridized carbons (Fsp3) is 0.211. The first-order valence-electron chi connectivity index (χ1n) is 7.56. The van der Waals surface area contributed by atoms with Crippen LogP contribution in [0.1, 0.15) is 45.5 Å². The highest BCUT2D eigenvalue weighted by Gasteiger charge is 2.24. The predicted octanol–water partition coefficient (Wildman–Crippen LogP) is 5.22. The van der Waals surface area contributed by atoms with Crippen molar-refractivity contribution in [2.75, 3.05) is 0 Å². The van der Waals surface area contributed by atoms with Crippen molar-refractivity contribution in [2.45, 2.75) is 25.7 Å². The molecule has 1 aliphatic carbocycles. The largest absolute Gasteiger partial charge is 0.456 e. The van der Waals surface area contributed by atoms with Crippen LogP contribution in [0.25, 0.3) is 11.1 Å². The fourth-order valence-corrected chi connectivity index (χ4v) is 3.70. The molecular formula is C19H15ClO2. The summed E-state index contributed by atoms with van der Waals surface area (Å²) in [7, 11) is 0. The van der Waals surface area contributed by atoms with E-state index in [1.54, 1.807) is 0 Å². The lowest BCUT2D eigenvalue weighted by molar-refractivity contribution is 0.112. The second kappa shape index (κ2) is 5.29. The zero-order valence-electron chi connectivity index (χ0n) is 12.1. The van der Waals surface area contributed by atoms with Crippen LogP contribution in [0.3, 0.4) is 0 Å². The van der Waals surface area contributed by atoms with Crippen LogP contribution in [-0.4, -0.2) is 6.29 Å². The van der Waals surface area contributed by atoms with Gasteiger partial charge in [-0.2, -0.15) is 0 Å². The summed E-state index contributed by atoms with van der Waals surface area (Å²) in [6.45, 7) is 0. The molecule has 1 heterocycles. The predicted molar refractivity (Wildman–Crippen MR) is 88.7 cm³/mol. The summed E-state index contributed by atoms with van der Waals surface area (Å²) >= 11 is 6.53. The molecule has 0 N–H and O–H groups in total. The molecule has 0 amide bonds. The zero-order valence-corrected chi connectivity index (χ0v) is 12.8. The monoisotopic (exact) mass is 310 g/mol. The van der Waals surface area contributed by atoms with Crippen LogP contribution in [0, 0.1) is 0 Å². The lowest BCUT2D eigenvalue weighted by Crippen LogP contribution is -2.09. The minimum atomic E-state index is 0.565. The quantitative estimate of drug-likeness (QED) is 0.675. The molecule has 0 spiro atoms. The number of hydrogen-bond donors (Lipinski definition) is 0. The summed E-state index contributed by atoms with van der Waals surface area (Å²) < 4.78 is 6.09. The van der Waals surface area contributed by atoms with E-state index in [2.05, 4.69) is 6.07 Å². The van der Waals surface area contributed by atoms with E-state index in [0.29, 0.717) is 16.3 Å². The zero-order chi connectivity index (χ0) is 15.1. The molecule has 0 unspecified atom stereocenters. The average Bonchev–Trinajstić information content (AvgIpc) is 2.68. The molecule has 2 aromatic carbocycles. The first kappa shape index (κ1) is 13.6. The van der Waals surface area contributed by atoms with Crippen molar-refractivity contribution in [3.05, 3.63) is 58.1 Å². The molecule has 2 aromatic rings. The summed E-state index contributed by atoms with van der Waals surface area (Å²) in [4.78, 5) is 11.7. The molecule has 22 heavy (non-hydrogen) atoms. The summed E-state index contributed by atoms with van der Waals surface area (Å²) in [5.41, 5.74) is 4.71. The molecule has 1 aliphatic heterocycles. The van der Waals surface area contributed by atoms with Crippen molar-refractivity contribution in [3.63, 3.8) is 0 Å². The normalized spacial score (nSPS) is 15.6. The van der Waals surface area contributed by atoms with Gasteiger partial charge >= 0.3 is 0 Å². The lowest BCUT2D eigenvalue weighted by atomic mass is 9.85. The topological polar surface area (TPSA) is 26.3 Å². The Morgan fingerprint density at radius 2 is 1.91 bits per heavy atom. The molecule has 2 nitrogen and oxygen atoms in total. The van der Waals surface area contributed by atoms with E-state index in [1.807, 2.05) is 30.3 Å². The van der Waals surface area contributed by atoms with Gasteiger partial charge in [-0.1, -0.05) is 29.8 Å². The maximum Gasteiger partial charge on any atom is 0.151 e. The molecule has 0 radical (unpaired) electrons. The maximum absolute atomic E-state index is 11.7. The van der Waals surface area contributed by atoms with Gasteiger partial charge in [-0.25, -0.2) is 0 Å². The van der Waals surface area contributed by atoms with Gasteiger partial charge in [0, 0.05) is 16.7 Å². The minimum Gasteiger partial charge on any atom is -0.456 e. The van der Waals surface area contributed by atoms with Crippen molar-refractivity contribution in [1.82, 2.24) is 0 Å². The van der Waals surface area contributed by atoms with Gasteiger partial charge in [0.25, 0.3) is 0 Å². The number of benzene rings is 2. The van der Waals surface area contributed by atoms with Crippen LogP contribution in [0.4, 0.5) is 0 Å². The first-order chi connectivity index (χ1) is 10.8. The van der Waals surface area contributed by atoms with Gasteiger partial charge in [0.05, 0.1) is 5.03 Å². The summed E-state index contributed by atoms with van der Waals surface area (Å²) in [6.07, 6.45) is 7.02. The number of rotatable bonds is 1. The van der Waals surface area contributed by atoms with Gasteiger partial charge in [-0.05, 0) is 55.0 Å². The number of halogens is 1. The van der Waals surface area contributed by atoms with Crippen molar-refractivity contribution < 1.29 is 9.53 Å². The molecule has 4 rings (SSSR count). The second-order valence-electron chi connectivity index (χ2n) is 5.76. The van der Waals surface area contributed by atoms with Crippen molar-refractivity contribution in [2.24, 2.45) is 0 Å². The maximum atomic E-state index is 11.7. The van der Waals surface area contributed by atoms with Crippen LogP contribution < -0.4 is 4.74 Å². The minimum absolute atomic E-state index is 0.565. The Labute approximate surface area is 134 Å². The Bertz CT molecular complexity index is 805. The standard InChI is InChI=1S/C19H15ClO2/c20-16-9-13-6-2-4-8-17(13)22-18-10-12-5-1-3-7-14(12)15(11-21)19(16)18/h2,4,6,8-11H,1,3,5,7H2. The van der Waals surface area contributed by atoms with E-state index in [1.165, 1.54) is 5.56 Å². The third-order valence-electron chi connectivity index (χ3n) is 4.43. The van der Waals surface area contributed by atoms with Gasteiger partial charge in [0.15, 0.2) is 6.29 Å². The molecule has 3 heteroatoms. The number of fused-ring (bicyclic) bond motifs is 3. The van der Waals surface area contributed by atoms with Crippen LogP contribution in [0.5, 0.6) is 11.5 Å². The Balaban J connectivity index is 2.01. The number of aryl methyl sites for hydroxylation is 1. The molecule has 0 aromatic heterocycles. The molecule has 0 bridgehead atoms. The van der Waals surface area contributed by atoms with Crippen molar-refractivity contribution in [3.8, 4) is 11.5 Å². The fourth-order valence-electron chi connectivity index (χ4n) is 3.39. The Hall–Kier alpha value is -2.06. The van der Waals surface area contributed by atoms with Gasteiger partial charge < -0.3 is 4.74 Å². The SMILES string of the molecule is O=Cc1c2c(cc3c1C(Cl)=Cc1ccccc1O3)CCCC2. The van der Waals surface area contributed by atoms with Crippen LogP contribution in [-0.2, 0) is 12.8 Å². The van der Waals surface area contributed by atoms with Gasteiger partial charge in [-0.15, -0.1) is 0 Å². The summed E-state index contributed by atoms with van der Waals surface area (Å²) in [5.74, 6) is 1.46. The van der Waals surface area contributed by atoms with E-state index in [4.69, 9.17) is 16.3 Å². The number of hydrogen-bond acceptors (Lipinski definition) is 2. The third-order valence-corrected chi connectivity index (χ3v) is 4.73. The molecule has 0 saturated carbocycles. The molecule has 0 fully saturated rings. The number of aldehydes is 1. The van der Waals surface area contributed by atoms with Gasteiger partial charge in [0.2, 0.25) is 0 Å². The van der Waals surface area contributed by atoms with Crippen molar-refractivity contribution in [1.29, 1.82) is 0 Å². The average molecular weight is 311 g/mol. The van der Waals surface area contributed by atoms with Crippen LogP contribution in [0.15, 0.2) is 30.3 Å². The second-order valence-corrected chi connectivity index (χ2v) is 6.17. The van der Waals surface area contributed by atoms with E-state index in [9.17, 15) is 4.79 Å². The lowest BCUT2D eigenvalue weighted by Gasteiger charge is -2.21. The highest BCUT2D eigenvalue weighted by Crippen LogP contribution is 2.44. The molecule has 0 saturated heterocycles. The molecule has 2 aliphatic rings. The smallest absolute Gasteiger partial charge is 0.151 e.